The van der Waals surface area contributed by atoms with Gasteiger partial charge in [0.05, 0.1) is 13.0 Å². The molecule has 0 aromatic heterocycles. The third kappa shape index (κ3) is 16.0. The molecule has 0 rings (SSSR count). The maximum Gasteiger partial charge on any atom is 0.307 e. The molecule has 4 nitrogen and oxygen atoms in total. The van der Waals surface area contributed by atoms with Crippen molar-refractivity contribution in [2.24, 2.45) is 5.73 Å². The van der Waals surface area contributed by atoms with E-state index in [1.165, 1.54) is 12.8 Å². The number of rotatable bonds is 14. The molecule has 0 radical (unpaired) electrons. The molecule has 0 fully saturated rings. The molecule has 0 aliphatic heterocycles. The first-order valence-electron chi connectivity index (χ1n) is 7.12. The van der Waals surface area contributed by atoms with Crippen molar-refractivity contribution in [3.05, 3.63) is 0 Å². The predicted molar refractivity (Wildman–Crippen MR) is 86.6 cm³/mol. The molecule has 0 spiro atoms. The largest absolute Gasteiger partial charge is 0.466 e. The molecule has 0 aliphatic carbocycles. The number of hydrogen-bond donors (Lipinski definition) is 2. The van der Waals surface area contributed by atoms with Gasteiger partial charge in [-0.25, -0.2) is 0 Å². The van der Waals surface area contributed by atoms with Gasteiger partial charge in [-0.3, -0.25) is 4.79 Å². The number of hydrogen-bond acceptors (Lipinski definition) is 6. The molecule has 3 N–H and O–H groups in total. The summed E-state index contributed by atoms with van der Waals surface area (Å²) < 4.78 is 5.15. The van der Waals surface area contributed by atoms with E-state index in [1.807, 2.05) is 10.8 Å². The minimum Gasteiger partial charge on any atom is -0.466 e. The summed E-state index contributed by atoms with van der Waals surface area (Å²) in [5.74, 6) is 1.94. The summed E-state index contributed by atoms with van der Waals surface area (Å²) in [7, 11) is 3.61. The van der Waals surface area contributed by atoms with Gasteiger partial charge in [-0.1, -0.05) is 47.8 Å². The number of nitrogens with one attached hydrogen (secondary N) is 1. The van der Waals surface area contributed by atoms with Gasteiger partial charge in [-0.15, -0.1) is 0 Å². The van der Waals surface area contributed by atoms with Crippen LogP contribution in [0.25, 0.3) is 0 Å². The molecule has 0 aliphatic rings. The van der Waals surface area contributed by atoms with Gasteiger partial charge in [-0.2, -0.15) is 0 Å². The van der Waals surface area contributed by atoms with Crippen LogP contribution in [0, 0.1) is 0 Å². The normalized spacial score (nSPS) is 10.6. The van der Waals surface area contributed by atoms with Crippen molar-refractivity contribution in [3.8, 4) is 0 Å². The van der Waals surface area contributed by atoms with Crippen molar-refractivity contribution in [1.82, 2.24) is 5.32 Å². The zero-order chi connectivity index (χ0) is 14.2. The first-order chi connectivity index (χ1) is 9.31. The average Bonchev–Trinajstić information content (AvgIpc) is 2.41. The first-order valence-corrected chi connectivity index (χ1v) is 9.60. The molecule has 0 heterocycles. The molecular weight excluding hydrogens is 280 g/mol. The summed E-state index contributed by atoms with van der Waals surface area (Å²) in [6.07, 6.45) is 5.04. The van der Waals surface area contributed by atoms with E-state index >= 15 is 0 Å². The van der Waals surface area contributed by atoms with Crippen LogP contribution in [-0.4, -0.2) is 43.7 Å². The average molecular weight is 309 g/mol. The second kappa shape index (κ2) is 16.1. The highest BCUT2D eigenvalue weighted by Gasteiger charge is 2.01. The lowest BCUT2D eigenvalue weighted by molar-refractivity contribution is -0.143. The Labute approximate surface area is 125 Å². The summed E-state index contributed by atoms with van der Waals surface area (Å²) in [5, 5.41) is 3.24. The molecule has 0 amide bonds. The van der Waals surface area contributed by atoms with Crippen LogP contribution >= 0.6 is 21.6 Å². The standard InChI is InChI=1S/C13H28N2O2S2/c1-2-3-4-5-10-17-13(16)6-8-15-9-12-19-18-11-7-14/h15H,2-12,14H2,1H3. The molecule has 0 saturated carbocycles. The van der Waals surface area contributed by atoms with Gasteiger partial charge in [0, 0.05) is 31.1 Å². The van der Waals surface area contributed by atoms with Crippen molar-refractivity contribution in [2.75, 3.05) is 37.7 Å². The fourth-order valence-corrected chi connectivity index (χ4v) is 3.19. The Morgan fingerprint density at radius 2 is 1.95 bits per heavy atom. The van der Waals surface area contributed by atoms with Crippen molar-refractivity contribution >= 4 is 27.6 Å². The zero-order valence-corrected chi connectivity index (χ0v) is 13.6. The van der Waals surface area contributed by atoms with E-state index in [9.17, 15) is 4.79 Å². The lowest BCUT2D eigenvalue weighted by atomic mass is 10.2. The second-order valence-corrected chi connectivity index (χ2v) is 6.92. The van der Waals surface area contributed by atoms with E-state index in [0.29, 0.717) is 19.6 Å². The molecule has 0 bridgehead atoms. The Morgan fingerprint density at radius 1 is 1.16 bits per heavy atom. The molecule has 0 unspecified atom stereocenters. The molecular formula is C13H28N2O2S2. The van der Waals surface area contributed by atoms with Gasteiger partial charge in [0.15, 0.2) is 0 Å². The smallest absolute Gasteiger partial charge is 0.307 e. The number of esters is 1. The Balaban J connectivity index is 3.12. The second-order valence-electron chi connectivity index (χ2n) is 4.21. The van der Waals surface area contributed by atoms with Crippen LogP contribution in [0.4, 0.5) is 0 Å². The molecule has 0 aromatic rings. The van der Waals surface area contributed by atoms with Gasteiger partial charge in [-0.05, 0) is 6.42 Å². The van der Waals surface area contributed by atoms with E-state index in [4.69, 9.17) is 10.5 Å². The summed E-state index contributed by atoms with van der Waals surface area (Å²) >= 11 is 0. The number of unbranched alkanes of at least 4 members (excludes halogenated alkanes) is 3. The minimum absolute atomic E-state index is 0.0887. The van der Waals surface area contributed by atoms with E-state index in [1.54, 1.807) is 10.8 Å². The number of ether oxygens (including phenoxy) is 1. The van der Waals surface area contributed by atoms with Gasteiger partial charge in [0.25, 0.3) is 0 Å². The quantitative estimate of drug-likeness (QED) is 0.292. The van der Waals surface area contributed by atoms with E-state index < -0.39 is 0 Å². The van der Waals surface area contributed by atoms with Gasteiger partial charge >= 0.3 is 5.97 Å². The summed E-state index contributed by atoms with van der Waals surface area (Å²) in [6.45, 7) is 5.10. The van der Waals surface area contributed by atoms with Gasteiger partial charge in [0.2, 0.25) is 0 Å². The van der Waals surface area contributed by atoms with Crippen LogP contribution in [0.3, 0.4) is 0 Å². The Hall–Kier alpha value is 0.0900. The summed E-state index contributed by atoms with van der Waals surface area (Å²) in [4.78, 5) is 11.4. The SMILES string of the molecule is CCCCCCOC(=O)CCNCCSSCCN. The first kappa shape index (κ1) is 19.1. The number of carbonyl (C=O) groups excluding carboxylic acids is 1. The molecule has 114 valence electrons. The van der Waals surface area contributed by atoms with E-state index in [-0.39, 0.29) is 5.97 Å². The fourth-order valence-electron chi connectivity index (χ4n) is 1.38. The lowest BCUT2D eigenvalue weighted by Gasteiger charge is -2.06. The third-order valence-corrected chi connectivity index (χ3v) is 4.85. The van der Waals surface area contributed by atoms with Crippen LogP contribution in [0.2, 0.25) is 0 Å². The van der Waals surface area contributed by atoms with Gasteiger partial charge < -0.3 is 15.8 Å². The highest BCUT2D eigenvalue weighted by molar-refractivity contribution is 8.76. The zero-order valence-electron chi connectivity index (χ0n) is 12.0. The maximum absolute atomic E-state index is 11.4. The Morgan fingerprint density at radius 3 is 2.68 bits per heavy atom. The summed E-state index contributed by atoms with van der Waals surface area (Å²) in [6, 6.07) is 0. The monoisotopic (exact) mass is 308 g/mol. The third-order valence-electron chi connectivity index (χ3n) is 2.41. The van der Waals surface area contributed by atoms with E-state index in [2.05, 4.69) is 12.2 Å². The molecule has 19 heavy (non-hydrogen) atoms. The van der Waals surface area contributed by atoms with Crippen LogP contribution in [0.5, 0.6) is 0 Å². The molecule has 0 atom stereocenters. The fraction of sp³-hybridized carbons (Fsp3) is 0.923. The van der Waals surface area contributed by atoms with Crippen LogP contribution in [0.15, 0.2) is 0 Å². The minimum atomic E-state index is -0.0887. The number of carbonyl (C=O) groups is 1. The van der Waals surface area contributed by atoms with E-state index in [0.717, 1.165) is 37.4 Å². The highest BCUT2D eigenvalue weighted by atomic mass is 33.1. The predicted octanol–water partition coefficient (Wildman–Crippen LogP) is 2.43. The van der Waals surface area contributed by atoms with Crippen LogP contribution in [-0.2, 0) is 9.53 Å². The molecule has 0 aromatic carbocycles. The molecule has 6 heteroatoms. The van der Waals surface area contributed by atoms with Crippen molar-refractivity contribution < 1.29 is 9.53 Å². The topological polar surface area (TPSA) is 64.3 Å². The Kier molecular flexibility index (Phi) is 16.2. The Bertz CT molecular complexity index is 207. The van der Waals surface area contributed by atoms with Crippen molar-refractivity contribution in [2.45, 2.75) is 39.0 Å². The highest BCUT2D eigenvalue weighted by Crippen LogP contribution is 2.18. The molecule has 0 saturated heterocycles. The van der Waals surface area contributed by atoms with Crippen molar-refractivity contribution in [1.29, 1.82) is 0 Å². The van der Waals surface area contributed by atoms with Crippen LogP contribution < -0.4 is 11.1 Å². The number of nitrogens with two attached hydrogens (primary N) is 1. The lowest BCUT2D eigenvalue weighted by Crippen LogP contribution is -2.21. The maximum atomic E-state index is 11.4. The summed E-state index contributed by atoms with van der Waals surface area (Å²) in [5.41, 5.74) is 5.39. The van der Waals surface area contributed by atoms with Crippen molar-refractivity contribution in [3.63, 3.8) is 0 Å². The van der Waals surface area contributed by atoms with Crippen LogP contribution in [0.1, 0.15) is 39.0 Å². The van der Waals surface area contributed by atoms with Gasteiger partial charge in [0.1, 0.15) is 0 Å².